The standard InChI is InChI=1S/C17H22N2OS/c1-4-5-9-16-17(15(12(2)20)11-18-19-16)13-7-6-8-14(10-13)21-3/h6-8,10-11,17-18H,4-5,9H2,1-3H3. The Morgan fingerprint density at radius 1 is 1.43 bits per heavy atom. The summed E-state index contributed by atoms with van der Waals surface area (Å²) >= 11 is 1.72. The van der Waals surface area contributed by atoms with Crippen molar-refractivity contribution in [1.29, 1.82) is 0 Å². The minimum absolute atomic E-state index is 0.0117. The highest BCUT2D eigenvalue weighted by atomic mass is 32.2. The van der Waals surface area contributed by atoms with Gasteiger partial charge in [-0.05, 0) is 43.7 Å². The van der Waals surface area contributed by atoms with Gasteiger partial charge in [0, 0.05) is 16.7 Å². The van der Waals surface area contributed by atoms with E-state index in [0.717, 1.165) is 36.1 Å². The normalized spacial score (nSPS) is 17.8. The molecule has 21 heavy (non-hydrogen) atoms. The Bertz CT molecular complexity index is 578. The number of carbonyl (C=O) groups excluding carboxylic acids is 1. The zero-order valence-electron chi connectivity index (χ0n) is 12.8. The molecule has 3 nitrogen and oxygen atoms in total. The van der Waals surface area contributed by atoms with Crippen molar-refractivity contribution in [3.05, 3.63) is 41.6 Å². The molecule has 0 saturated carbocycles. The number of thioether (sulfide) groups is 1. The first-order chi connectivity index (χ1) is 10.2. The average molecular weight is 302 g/mol. The second-order valence-corrected chi connectivity index (χ2v) is 6.08. The van der Waals surface area contributed by atoms with Crippen LogP contribution in [-0.2, 0) is 4.79 Å². The van der Waals surface area contributed by atoms with E-state index < -0.39 is 0 Å². The van der Waals surface area contributed by atoms with Crippen molar-refractivity contribution in [2.45, 2.75) is 43.9 Å². The molecule has 1 aromatic carbocycles. The van der Waals surface area contributed by atoms with Crippen LogP contribution < -0.4 is 5.43 Å². The summed E-state index contributed by atoms with van der Waals surface area (Å²) in [4.78, 5) is 13.2. The Balaban J connectivity index is 2.39. The Morgan fingerprint density at radius 2 is 2.24 bits per heavy atom. The maximum atomic E-state index is 12.0. The van der Waals surface area contributed by atoms with Crippen LogP contribution in [0.1, 0.15) is 44.6 Å². The Kier molecular flexibility index (Phi) is 5.62. The molecule has 0 aromatic heterocycles. The summed E-state index contributed by atoms with van der Waals surface area (Å²) < 4.78 is 0. The number of hydrazone groups is 1. The fourth-order valence-corrected chi connectivity index (χ4v) is 3.04. The van der Waals surface area contributed by atoms with E-state index in [1.165, 1.54) is 4.90 Å². The summed E-state index contributed by atoms with van der Waals surface area (Å²) in [6.45, 7) is 3.80. The van der Waals surface area contributed by atoms with Crippen molar-refractivity contribution in [1.82, 2.24) is 5.43 Å². The van der Waals surface area contributed by atoms with Crippen LogP contribution in [0.3, 0.4) is 0 Å². The maximum Gasteiger partial charge on any atom is 0.158 e. The quantitative estimate of drug-likeness (QED) is 0.804. The van der Waals surface area contributed by atoms with Crippen LogP contribution in [-0.4, -0.2) is 17.8 Å². The SMILES string of the molecule is CCCCC1=NNC=C(C(C)=O)C1c1cccc(SC)c1. The minimum Gasteiger partial charge on any atom is -0.295 e. The van der Waals surface area contributed by atoms with Gasteiger partial charge in [0.05, 0.1) is 11.6 Å². The monoisotopic (exact) mass is 302 g/mol. The summed E-state index contributed by atoms with van der Waals surface area (Å²) in [5.41, 5.74) is 5.91. The second-order valence-electron chi connectivity index (χ2n) is 5.20. The molecule has 2 rings (SSSR count). The number of Topliss-reactive ketones (excluding diaryl/α,β-unsaturated/α-hetero) is 1. The van der Waals surface area contributed by atoms with Gasteiger partial charge in [0.15, 0.2) is 5.78 Å². The molecule has 1 aliphatic rings. The second kappa shape index (κ2) is 7.46. The lowest BCUT2D eigenvalue weighted by Gasteiger charge is -2.25. The fourth-order valence-electron chi connectivity index (χ4n) is 2.57. The highest BCUT2D eigenvalue weighted by Crippen LogP contribution is 2.32. The summed E-state index contributed by atoms with van der Waals surface area (Å²) in [5.74, 6) is 0.0911. The first kappa shape index (κ1) is 15.8. The molecule has 1 aromatic rings. The number of nitrogens with zero attached hydrogens (tertiary/aromatic N) is 1. The van der Waals surface area contributed by atoms with E-state index in [1.54, 1.807) is 24.9 Å². The van der Waals surface area contributed by atoms with Gasteiger partial charge >= 0.3 is 0 Å². The molecule has 0 radical (unpaired) electrons. The zero-order chi connectivity index (χ0) is 15.2. The van der Waals surface area contributed by atoms with E-state index in [-0.39, 0.29) is 11.7 Å². The lowest BCUT2D eigenvalue weighted by atomic mass is 9.83. The Labute approximate surface area is 130 Å². The van der Waals surface area contributed by atoms with Gasteiger partial charge in [-0.25, -0.2) is 0 Å². The summed E-state index contributed by atoms with van der Waals surface area (Å²) in [7, 11) is 0. The molecular weight excluding hydrogens is 280 g/mol. The number of hydrogen-bond donors (Lipinski definition) is 1. The number of allylic oxidation sites excluding steroid dienone is 1. The summed E-state index contributed by atoms with van der Waals surface area (Å²) in [5, 5.41) is 4.44. The van der Waals surface area contributed by atoms with E-state index >= 15 is 0 Å². The van der Waals surface area contributed by atoms with Crippen molar-refractivity contribution in [2.24, 2.45) is 5.10 Å². The third kappa shape index (κ3) is 3.76. The minimum atomic E-state index is -0.0117. The van der Waals surface area contributed by atoms with Crippen LogP contribution in [0.4, 0.5) is 0 Å². The molecule has 4 heteroatoms. The summed E-state index contributed by atoms with van der Waals surface area (Å²) in [6, 6.07) is 8.40. The molecule has 0 bridgehead atoms. The molecule has 0 spiro atoms. The van der Waals surface area contributed by atoms with Crippen LogP contribution >= 0.6 is 11.8 Å². The van der Waals surface area contributed by atoms with Gasteiger partial charge < -0.3 is 0 Å². The Hall–Kier alpha value is -1.55. The van der Waals surface area contributed by atoms with Gasteiger partial charge in [0.25, 0.3) is 0 Å². The first-order valence-electron chi connectivity index (χ1n) is 7.34. The first-order valence-corrected chi connectivity index (χ1v) is 8.56. The largest absolute Gasteiger partial charge is 0.295 e. The van der Waals surface area contributed by atoms with Gasteiger partial charge in [-0.15, -0.1) is 11.8 Å². The number of unbranched alkanes of at least 4 members (excludes halogenated alkanes) is 1. The molecule has 0 amide bonds. The maximum absolute atomic E-state index is 12.0. The van der Waals surface area contributed by atoms with Crippen molar-refractivity contribution in [3.8, 4) is 0 Å². The van der Waals surface area contributed by atoms with Crippen LogP contribution in [0.2, 0.25) is 0 Å². The van der Waals surface area contributed by atoms with Crippen molar-refractivity contribution in [3.63, 3.8) is 0 Å². The molecule has 1 unspecified atom stereocenters. The highest BCUT2D eigenvalue weighted by molar-refractivity contribution is 7.98. The zero-order valence-corrected chi connectivity index (χ0v) is 13.7. The molecule has 0 saturated heterocycles. The van der Waals surface area contributed by atoms with Gasteiger partial charge in [0.2, 0.25) is 0 Å². The smallest absolute Gasteiger partial charge is 0.158 e. The van der Waals surface area contributed by atoms with Gasteiger partial charge in [-0.3, -0.25) is 10.2 Å². The molecule has 112 valence electrons. The van der Waals surface area contributed by atoms with E-state index in [4.69, 9.17) is 0 Å². The molecular formula is C17H22N2OS. The predicted octanol–water partition coefficient (Wildman–Crippen LogP) is 4.11. The van der Waals surface area contributed by atoms with Gasteiger partial charge in [-0.2, -0.15) is 5.10 Å². The topological polar surface area (TPSA) is 41.5 Å². The fraction of sp³-hybridized carbons (Fsp3) is 0.412. The van der Waals surface area contributed by atoms with E-state index in [0.29, 0.717) is 0 Å². The van der Waals surface area contributed by atoms with Crippen LogP contribution in [0.15, 0.2) is 46.0 Å². The lowest BCUT2D eigenvalue weighted by Crippen LogP contribution is -2.26. The van der Waals surface area contributed by atoms with E-state index in [2.05, 4.69) is 48.0 Å². The number of carbonyl (C=O) groups is 1. The molecule has 1 aliphatic heterocycles. The van der Waals surface area contributed by atoms with Crippen LogP contribution in [0, 0.1) is 0 Å². The third-order valence-electron chi connectivity index (χ3n) is 3.69. The molecule has 1 N–H and O–H groups in total. The van der Waals surface area contributed by atoms with Gasteiger partial charge in [0.1, 0.15) is 0 Å². The number of hydrogen-bond acceptors (Lipinski definition) is 4. The van der Waals surface area contributed by atoms with E-state index in [9.17, 15) is 4.79 Å². The number of benzene rings is 1. The van der Waals surface area contributed by atoms with Crippen molar-refractivity contribution < 1.29 is 4.79 Å². The van der Waals surface area contributed by atoms with Crippen LogP contribution in [0.25, 0.3) is 0 Å². The molecule has 1 atom stereocenters. The molecule has 0 aliphatic carbocycles. The predicted molar refractivity (Wildman–Crippen MR) is 89.8 cm³/mol. The molecule has 1 heterocycles. The molecule has 0 fully saturated rings. The highest BCUT2D eigenvalue weighted by Gasteiger charge is 2.27. The number of nitrogens with one attached hydrogen (secondary N) is 1. The van der Waals surface area contributed by atoms with Crippen molar-refractivity contribution in [2.75, 3.05) is 6.26 Å². The van der Waals surface area contributed by atoms with E-state index in [1.807, 2.05) is 0 Å². The summed E-state index contributed by atoms with van der Waals surface area (Å²) in [6.07, 6.45) is 6.94. The average Bonchev–Trinajstić information content (AvgIpc) is 2.52. The van der Waals surface area contributed by atoms with Gasteiger partial charge in [-0.1, -0.05) is 25.5 Å². The van der Waals surface area contributed by atoms with Crippen molar-refractivity contribution >= 4 is 23.3 Å². The third-order valence-corrected chi connectivity index (χ3v) is 4.42. The number of rotatable bonds is 6. The Morgan fingerprint density at radius 3 is 2.90 bits per heavy atom. The van der Waals surface area contributed by atoms with Crippen LogP contribution in [0.5, 0.6) is 0 Å². The lowest BCUT2D eigenvalue weighted by molar-refractivity contribution is -0.113. The number of ketones is 1.